The van der Waals surface area contributed by atoms with Gasteiger partial charge < -0.3 is 10.1 Å². The van der Waals surface area contributed by atoms with Crippen LogP contribution in [-0.2, 0) is 11.3 Å². The first kappa shape index (κ1) is 14.3. The first-order valence-electron chi connectivity index (χ1n) is 6.49. The first-order valence-corrected chi connectivity index (χ1v) is 7.37. The molecule has 0 aliphatic rings. The molecule has 0 radical (unpaired) electrons. The van der Waals surface area contributed by atoms with Crippen molar-refractivity contribution < 1.29 is 4.74 Å². The molecule has 0 bridgehead atoms. The summed E-state index contributed by atoms with van der Waals surface area (Å²) in [5, 5.41) is 5.66. The fourth-order valence-corrected chi connectivity index (χ4v) is 2.68. The molecule has 1 N–H and O–H groups in total. The second-order valence-electron chi connectivity index (χ2n) is 5.24. The van der Waals surface area contributed by atoms with Gasteiger partial charge in [0, 0.05) is 25.1 Å². The molecule has 1 aromatic carbocycles. The monoisotopic (exact) mass is 275 g/mol. The van der Waals surface area contributed by atoms with Gasteiger partial charge in [-0.25, -0.2) is 0 Å². The molecule has 19 heavy (non-hydrogen) atoms. The van der Waals surface area contributed by atoms with Crippen molar-refractivity contribution in [2.45, 2.75) is 26.0 Å². The maximum atomic E-state index is 5.39. The molecule has 3 heteroatoms. The molecule has 0 aliphatic carbocycles. The van der Waals surface area contributed by atoms with Crippen LogP contribution < -0.4 is 5.32 Å². The number of methoxy groups -OCH3 is 1. The average molecular weight is 275 g/mol. The Kier molecular flexibility index (Phi) is 4.75. The van der Waals surface area contributed by atoms with E-state index >= 15 is 0 Å². The van der Waals surface area contributed by atoms with Crippen LogP contribution in [0.5, 0.6) is 0 Å². The van der Waals surface area contributed by atoms with Gasteiger partial charge in [-0.2, -0.15) is 0 Å². The Morgan fingerprint density at radius 3 is 2.58 bits per heavy atom. The minimum atomic E-state index is -0.112. The van der Waals surface area contributed by atoms with Gasteiger partial charge >= 0.3 is 0 Å². The van der Waals surface area contributed by atoms with Gasteiger partial charge in [0.1, 0.15) is 0 Å². The second kappa shape index (κ2) is 6.33. The number of rotatable bonds is 6. The predicted octanol–water partition coefficient (Wildman–Crippen LogP) is 3.93. The van der Waals surface area contributed by atoms with E-state index in [1.165, 1.54) is 16.0 Å². The molecule has 0 amide bonds. The summed E-state index contributed by atoms with van der Waals surface area (Å²) in [5.41, 5.74) is 2.47. The van der Waals surface area contributed by atoms with Gasteiger partial charge in [0.05, 0.1) is 5.60 Å². The fraction of sp³-hybridized carbons (Fsp3) is 0.375. The number of nitrogens with one attached hydrogen (secondary N) is 1. The molecule has 0 fully saturated rings. The van der Waals surface area contributed by atoms with Gasteiger partial charge in [0.15, 0.2) is 0 Å². The number of ether oxygens (including phenoxy) is 1. The van der Waals surface area contributed by atoms with Gasteiger partial charge in [-0.1, -0.05) is 30.3 Å². The van der Waals surface area contributed by atoms with Gasteiger partial charge in [0.2, 0.25) is 0 Å². The first-order chi connectivity index (χ1) is 9.11. The third-order valence-electron chi connectivity index (χ3n) is 3.16. The zero-order valence-corrected chi connectivity index (χ0v) is 12.6. The van der Waals surface area contributed by atoms with Crippen molar-refractivity contribution in [3.05, 3.63) is 46.7 Å². The van der Waals surface area contributed by atoms with Crippen LogP contribution in [0, 0.1) is 0 Å². The molecule has 1 heterocycles. The van der Waals surface area contributed by atoms with Crippen LogP contribution in [-0.4, -0.2) is 19.3 Å². The van der Waals surface area contributed by atoms with Gasteiger partial charge in [-0.05, 0) is 36.4 Å². The van der Waals surface area contributed by atoms with Crippen LogP contribution in [0.3, 0.4) is 0 Å². The Bertz CT molecular complexity index is 504. The number of benzene rings is 1. The lowest BCUT2D eigenvalue weighted by Gasteiger charge is -2.22. The van der Waals surface area contributed by atoms with Crippen LogP contribution in [0.1, 0.15) is 18.7 Å². The molecule has 0 saturated carbocycles. The largest absolute Gasteiger partial charge is 0.377 e. The summed E-state index contributed by atoms with van der Waals surface area (Å²) >= 11 is 1.80. The molecule has 0 saturated heterocycles. The highest BCUT2D eigenvalue weighted by molar-refractivity contribution is 7.10. The van der Waals surface area contributed by atoms with Gasteiger partial charge in [-0.15, -0.1) is 11.3 Å². The minimum Gasteiger partial charge on any atom is -0.377 e. The molecule has 0 spiro atoms. The Morgan fingerprint density at radius 2 is 1.89 bits per heavy atom. The lowest BCUT2D eigenvalue weighted by atomic mass is 10.1. The summed E-state index contributed by atoms with van der Waals surface area (Å²) in [7, 11) is 1.75. The van der Waals surface area contributed by atoms with E-state index in [0.717, 1.165) is 13.1 Å². The maximum absolute atomic E-state index is 5.39. The number of hydrogen-bond donors (Lipinski definition) is 1. The molecule has 1 aromatic heterocycles. The summed E-state index contributed by atoms with van der Waals surface area (Å²) in [5.74, 6) is 0. The quantitative estimate of drug-likeness (QED) is 0.862. The lowest BCUT2D eigenvalue weighted by Crippen LogP contribution is -2.36. The van der Waals surface area contributed by atoms with Crippen LogP contribution >= 0.6 is 11.3 Å². The van der Waals surface area contributed by atoms with E-state index in [1.807, 2.05) is 6.07 Å². The molecule has 2 nitrogen and oxygen atoms in total. The molecular formula is C16H21NOS. The second-order valence-corrected chi connectivity index (χ2v) is 6.23. The fourth-order valence-electron chi connectivity index (χ4n) is 1.81. The lowest BCUT2D eigenvalue weighted by molar-refractivity contribution is 0.0231. The molecule has 102 valence electrons. The third-order valence-corrected chi connectivity index (χ3v) is 4.10. The van der Waals surface area contributed by atoms with Crippen molar-refractivity contribution in [2.24, 2.45) is 0 Å². The third kappa shape index (κ3) is 4.16. The van der Waals surface area contributed by atoms with Gasteiger partial charge in [0.25, 0.3) is 0 Å². The summed E-state index contributed by atoms with van der Waals surface area (Å²) < 4.78 is 5.39. The van der Waals surface area contributed by atoms with E-state index in [-0.39, 0.29) is 5.60 Å². The standard InChI is InChI=1S/C16H21NOS/c1-16(2,18-3)12-17-10-15-9-14(11-19-15)13-7-5-4-6-8-13/h4-9,11,17H,10,12H2,1-3H3. The van der Waals surface area contributed by atoms with Crippen molar-refractivity contribution in [1.82, 2.24) is 5.32 Å². The Labute approximate surface area is 119 Å². The van der Waals surface area contributed by atoms with Crippen molar-refractivity contribution in [3.63, 3.8) is 0 Å². The van der Waals surface area contributed by atoms with E-state index in [0.29, 0.717) is 0 Å². The summed E-state index contributed by atoms with van der Waals surface area (Å²) in [6.45, 7) is 5.92. The van der Waals surface area contributed by atoms with E-state index in [1.54, 1.807) is 18.4 Å². The number of hydrogen-bond acceptors (Lipinski definition) is 3. The average Bonchev–Trinajstić information content (AvgIpc) is 2.88. The minimum absolute atomic E-state index is 0.112. The Balaban J connectivity index is 1.92. The van der Waals surface area contributed by atoms with Crippen LogP contribution in [0.2, 0.25) is 0 Å². The Morgan fingerprint density at radius 1 is 1.16 bits per heavy atom. The topological polar surface area (TPSA) is 21.3 Å². The molecule has 2 aromatic rings. The highest BCUT2D eigenvalue weighted by Crippen LogP contribution is 2.25. The van der Waals surface area contributed by atoms with Crippen molar-refractivity contribution in [2.75, 3.05) is 13.7 Å². The maximum Gasteiger partial charge on any atom is 0.0746 e. The van der Waals surface area contributed by atoms with E-state index in [9.17, 15) is 0 Å². The van der Waals surface area contributed by atoms with Crippen molar-refractivity contribution in [3.8, 4) is 11.1 Å². The molecule has 2 rings (SSSR count). The highest BCUT2D eigenvalue weighted by Gasteiger charge is 2.15. The SMILES string of the molecule is COC(C)(C)CNCc1cc(-c2ccccc2)cs1. The predicted molar refractivity (Wildman–Crippen MR) is 82.5 cm³/mol. The smallest absolute Gasteiger partial charge is 0.0746 e. The van der Waals surface area contributed by atoms with Gasteiger partial charge in [-0.3, -0.25) is 0 Å². The van der Waals surface area contributed by atoms with Crippen LogP contribution in [0.4, 0.5) is 0 Å². The van der Waals surface area contributed by atoms with Crippen molar-refractivity contribution in [1.29, 1.82) is 0 Å². The van der Waals surface area contributed by atoms with E-state index in [2.05, 4.69) is 54.9 Å². The van der Waals surface area contributed by atoms with E-state index in [4.69, 9.17) is 4.74 Å². The molecule has 0 unspecified atom stereocenters. The zero-order chi connectivity index (χ0) is 13.7. The molecule has 0 atom stereocenters. The van der Waals surface area contributed by atoms with E-state index < -0.39 is 0 Å². The number of thiophene rings is 1. The van der Waals surface area contributed by atoms with Crippen LogP contribution in [0.25, 0.3) is 11.1 Å². The summed E-state index contributed by atoms with van der Waals surface area (Å²) in [4.78, 5) is 1.35. The van der Waals surface area contributed by atoms with Crippen molar-refractivity contribution >= 4 is 11.3 Å². The normalized spacial score (nSPS) is 11.7. The highest BCUT2D eigenvalue weighted by atomic mass is 32.1. The summed E-state index contributed by atoms with van der Waals surface area (Å²) in [6.07, 6.45) is 0. The Hall–Kier alpha value is -1.16. The summed E-state index contributed by atoms with van der Waals surface area (Å²) in [6, 6.07) is 12.7. The molecular weight excluding hydrogens is 254 g/mol. The zero-order valence-electron chi connectivity index (χ0n) is 11.8. The van der Waals surface area contributed by atoms with Crippen LogP contribution in [0.15, 0.2) is 41.8 Å². The molecule has 0 aliphatic heterocycles.